The highest BCUT2D eigenvalue weighted by Gasteiger charge is 2.18. The Morgan fingerprint density at radius 2 is 1.96 bits per heavy atom. The molecule has 3 rings (SSSR count). The maximum atomic E-state index is 13.2. The van der Waals surface area contributed by atoms with E-state index in [9.17, 15) is 14.3 Å². The highest BCUT2D eigenvalue weighted by Crippen LogP contribution is 2.17. The molecule has 5 nitrogen and oxygen atoms in total. The lowest BCUT2D eigenvalue weighted by Gasteiger charge is -2.15. The summed E-state index contributed by atoms with van der Waals surface area (Å²) in [6.45, 7) is 0.355. The second-order valence-electron chi connectivity index (χ2n) is 5.51. The van der Waals surface area contributed by atoms with Crippen molar-refractivity contribution in [3.8, 4) is 0 Å². The van der Waals surface area contributed by atoms with Gasteiger partial charge in [0, 0.05) is 36.9 Å². The third kappa shape index (κ3) is 3.72. The first-order valence-corrected chi connectivity index (χ1v) is 7.51. The molecule has 0 aliphatic carbocycles. The fourth-order valence-corrected chi connectivity index (χ4v) is 2.60. The third-order valence-electron chi connectivity index (χ3n) is 3.79. The molecule has 0 saturated carbocycles. The molecule has 2 heterocycles. The number of hydrogen-bond acceptors (Lipinski definition) is 4. The van der Waals surface area contributed by atoms with E-state index in [4.69, 9.17) is 0 Å². The zero-order valence-electron chi connectivity index (χ0n) is 12.8. The van der Waals surface area contributed by atoms with Crippen molar-refractivity contribution < 1.29 is 14.3 Å². The number of carbonyl (C=O) groups is 1. The first-order chi connectivity index (χ1) is 11.6. The summed E-state index contributed by atoms with van der Waals surface area (Å²) >= 11 is 0. The van der Waals surface area contributed by atoms with Crippen molar-refractivity contribution in [3.63, 3.8) is 0 Å². The van der Waals surface area contributed by atoms with E-state index < -0.39 is 17.8 Å². The van der Waals surface area contributed by atoms with Crippen LogP contribution in [0.5, 0.6) is 0 Å². The molecular weight excluding hydrogens is 309 g/mol. The Balaban J connectivity index is 1.75. The average molecular weight is 325 g/mol. The Morgan fingerprint density at radius 1 is 1.17 bits per heavy atom. The van der Waals surface area contributed by atoms with Gasteiger partial charge < -0.3 is 5.11 Å². The summed E-state index contributed by atoms with van der Waals surface area (Å²) in [5, 5.41) is 14.4. The number of pyridine rings is 2. The summed E-state index contributed by atoms with van der Waals surface area (Å²) in [6, 6.07) is 8.24. The molecule has 2 N–H and O–H groups in total. The third-order valence-corrected chi connectivity index (χ3v) is 3.79. The van der Waals surface area contributed by atoms with Crippen LogP contribution in [0.15, 0.2) is 55.1 Å². The van der Waals surface area contributed by atoms with Crippen molar-refractivity contribution in [1.82, 2.24) is 15.3 Å². The normalized spacial score (nSPS) is 12.2. The fraction of sp³-hybridized carbons (Fsp3) is 0.167. The van der Waals surface area contributed by atoms with Crippen LogP contribution in [0.4, 0.5) is 4.39 Å². The van der Waals surface area contributed by atoms with Gasteiger partial charge in [-0.3, -0.25) is 20.1 Å². The van der Waals surface area contributed by atoms with Crippen molar-refractivity contribution in [2.24, 2.45) is 0 Å². The number of aromatic nitrogens is 2. The van der Waals surface area contributed by atoms with Gasteiger partial charge in [-0.1, -0.05) is 24.3 Å². The van der Waals surface area contributed by atoms with Gasteiger partial charge in [-0.2, -0.15) is 0 Å². The van der Waals surface area contributed by atoms with Crippen molar-refractivity contribution in [2.75, 3.05) is 0 Å². The summed E-state index contributed by atoms with van der Waals surface area (Å²) in [6.07, 6.45) is 6.21. The number of carboxylic acids is 1. The summed E-state index contributed by atoms with van der Waals surface area (Å²) in [5.41, 5.74) is 1.45. The second kappa shape index (κ2) is 7.14. The van der Waals surface area contributed by atoms with E-state index in [0.717, 1.165) is 22.5 Å². The van der Waals surface area contributed by atoms with Gasteiger partial charge >= 0.3 is 5.97 Å². The summed E-state index contributed by atoms with van der Waals surface area (Å²) in [7, 11) is 0. The Morgan fingerprint density at radius 3 is 2.75 bits per heavy atom. The van der Waals surface area contributed by atoms with Crippen LogP contribution >= 0.6 is 0 Å². The SMILES string of the molecule is O=C(O)C(Cc1cncc(F)c1)NCc1cncc2ccccc12. The van der Waals surface area contributed by atoms with E-state index in [1.54, 1.807) is 12.4 Å². The van der Waals surface area contributed by atoms with Crippen molar-refractivity contribution in [2.45, 2.75) is 19.0 Å². The van der Waals surface area contributed by atoms with Crippen molar-refractivity contribution in [1.29, 1.82) is 0 Å². The summed E-state index contributed by atoms with van der Waals surface area (Å²) < 4.78 is 13.2. The van der Waals surface area contributed by atoms with Gasteiger partial charge in [0.1, 0.15) is 11.9 Å². The molecule has 0 spiro atoms. The van der Waals surface area contributed by atoms with Gasteiger partial charge in [-0.15, -0.1) is 0 Å². The van der Waals surface area contributed by atoms with E-state index in [1.807, 2.05) is 24.3 Å². The number of nitrogens with one attached hydrogen (secondary N) is 1. The highest BCUT2D eigenvalue weighted by molar-refractivity contribution is 5.84. The molecule has 3 aromatic rings. The minimum Gasteiger partial charge on any atom is -0.480 e. The second-order valence-corrected chi connectivity index (χ2v) is 5.51. The van der Waals surface area contributed by atoms with Crippen molar-refractivity contribution >= 4 is 16.7 Å². The van der Waals surface area contributed by atoms with Crippen LogP contribution in [-0.4, -0.2) is 27.1 Å². The Kier molecular flexibility index (Phi) is 4.77. The minimum absolute atomic E-state index is 0.151. The first kappa shape index (κ1) is 16.0. The van der Waals surface area contributed by atoms with E-state index in [1.165, 1.54) is 12.3 Å². The smallest absolute Gasteiger partial charge is 0.321 e. The van der Waals surface area contributed by atoms with Crippen LogP contribution in [0.1, 0.15) is 11.1 Å². The van der Waals surface area contributed by atoms with E-state index in [0.29, 0.717) is 12.1 Å². The largest absolute Gasteiger partial charge is 0.480 e. The topological polar surface area (TPSA) is 75.1 Å². The average Bonchev–Trinajstić information content (AvgIpc) is 2.58. The monoisotopic (exact) mass is 325 g/mol. The Labute approximate surface area is 138 Å². The molecule has 0 aliphatic heterocycles. The van der Waals surface area contributed by atoms with Gasteiger partial charge in [0.05, 0.1) is 6.20 Å². The molecule has 0 radical (unpaired) electrons. The number of halogens is 1. The number of fused-ring (bicyclic) bond motifs is 1. The van der Waals surface area contributed by atoms with Gasteiger partial charge in [0.15, 0.2) is 0 Å². The van der Waals surface area contributed by atoms with E-state index in [-0.39, 0.29) is 6.42 Å². The molecule has 24 heavy (non-hydrogen) atoms. The molecular formula is C18H16FN3O2. The maximum Gasteiger partial charge on any atom is 0.321 e. The number of hydrogen-bond donors (Lipinski definition) is 2. The van der Waals surface area contributed by atoms with Crippen LogP contribution in [0, 0.1) is 5.82 Å². The molecule has 0 fully saturated rings. The molecule has 1 unspecified atom stereocenters. The number of nitrogens with zero attached hydrogens (tertiary/aromatic N) is 2. The molecule has 2 aromatic heterocycles. The molecule has 0 bridgehead atoms. The zero-order valence-corrected chi connectivity index (χ0v) is 12.8. The van der Waals surface area contributed by atoms with E-state index in [2.05, 4.69) is 15.3 Å². The summed E-state index contributed by atoms with van der Waals surface area (Å²) in [5.74, 6) is -1.47. The predicted octanol–water partition coefficient (Wildman–Crippen LogP) is 2.55. The number of benzene rings is 1. The molecule has 0 saturated heterocycles. The van der Waals surface area contributed by atoms with Crippen LogP contribution in [0.2, 0.25) is 0 Å². The lowest BCUT2D eigenvalue weighted by molar-refractivity contribution is -0.139. The quantitative estimate of drug-likeness (QED) is 0.728. The van der Waals surface area contributed by atoms with Gasteiger partial charge in [-0.25, -0.2) is 4.39 Å². The molecule has 1 aromatic carbocycles. The van der Waals surface area contributed by atoms with Crippen LogP contribution in [0.3, 0.4) is 0 Å². The number of carboxylic acid groups (broad SMARTS) is 1. The molecule has 1 atom stereocenters. The molecule has 0 amide bonds. The summed E-state index contributed by atoms with van der Waals surface area (Å²) in [4.78, 5) is 19.4. The Hall–Kier alpha value is -2.86. The van der Waals surface area contributed by atoms with Crippen molar-refractivity contribution in [3.05, 3.63) is 72.1 Å². The lowest BCUT2D eigenvalue weighted by Crippen LogP contribution is -2.38. The fourth-order valence-electron chi connectivity index (χ4n) is 2.60. The van der Waals surface area contributed by atoms with Crippen LogP contribution < -0.4 is 5.32 Å². The lowest BCUT2D eigenvalue weighted by atomic mass is 10.1. The zero-order chi connectivity index (χ0) is 16.9. The van der Waals surface area contributed by atoms with Crippen LogP contribution in [0.25, 0.3) is 10.8 Å². The standard InChI is InChI=1S/C18H16FN3O2/c19-15-5-12(7-20-11-15)6-17(18(23)24)22-10-14-9-21-8-13-3-1-2-4-16(13)14/h1-5,7-9,11,17,22H,6,10H2,(H,23,24). The number of rotatable bonds is 6. The van der Waals surface area contributed by atoms with Gasteiger partial charge in [0.25, 0.3) is 0 Å². The minimum atomic E-state index is -0.993. The highest BCUT2D eigenvalue weighted by atomic mass is 19.1. The molecule has 122 valence electrons. The maximum absolute atomic E-state index is 13.2. The Bertz CT molecular complexity index is 864. The first-order valence-electron chi connectivity index (χ1n) is 7.51. The molecule has 0 aliphatic rings. The molecule has 6 heteroatoms. The van der Waals surface area contributed by atoms with Gasteiger partial charge in [0.2, 0.25) is 0 Å². The number of aliphatic carboxylic acids is 1. The van der Waals surface area contributed by atoms with Gasteiger partial charge in [-0.05, 0) is 22.6 Å². The van der Waals surface area contributed by atoms with Crippen LogP contribution in [-0.2, 0) is 17.8 Å². The predicted molar refractivity (Wildman–Crippen MR) is 87.9 cm³/mol. The van der Waals surface area contributed by atoms with E-state index >= 15 is 0 Å².